The van der Waals surface area contributed by atoms with Gasteiger partial charge in [-0.3, -0.25) is 14.9 Å². The molecular weight excluding hydrogens is 329 g/mol. The number of hydrogen-bond acceptors (Lipinski definition) is 4. The highest BCUT2D eigenvalue weighted by atomic mass is 35.5. The Balaban J connectivity index is 2.35. The third-order valence-corrected chi connectivity index (χ3v) is 3.46. The van der Waals surface area contributed by atoms with Gasteiger partial charge in [-0.15, -0.1) is 0 Å². The topological polar surface area (TPSA) is 84.3 Å². The van der Waals surface area contributed by atoms with Crippen LogP contribution < -0.4 is 10.6 Å². The van der Waals surface area contributed by atoms with Crippen LogP contribution in [0, 0.1) is 10.1 Å². The predicted molar refractivity (Wildman–Crippen MR) is 87.1 cm³/mol. The van der Waals surface area contributed by atoms with Gasteiger partial charge in [-0.25, -0.2) is 0 Å². The third-order valence-electron chi connectivity index (χ3n) is 2.91. The highest BCUT2D eigenvalue weighted by Crippen LogP contribution is 2.27. The SMILES string of the molecule is CNc1ccc([N+](=O)[O-])cc1C(=O)Nc1ccc(Cl)cc1Cl. The zero-order valence-corrected chi connectivity index (χ0v) is 12.9. The number of hydrogen-bond donors (Lipinski definition) is 2. The number of amides is 1. The number of non-ortho nitro benzene ring substituents is 1. The lowest BCUT2D eigenvalue weighted by atomic mass is 10.1. The van der Waals surface area contributed by atoms with Gasteiger partial charge in [0.1, 0.15) is 0 Å². The summed E-state index contributed by atoms with van der Waals surface area (Å²) in [5.74, 6) is -0.516. The van der Waals surface area contributed by atoms with Gasteiger partial charge >= 0.3 is 0 Å². The quantitative estimate of drug-likeness (QED) is 0.645. The molecule has 6 nitrogen and oxygen atoms in total. The van der Waals surface area contributed by atoms with E-state index in [4.69, 9.17) is 23.2 Å². The second kappa shape index (κ2) is 6.64. The van der Waals surface area contributed by atoms with Gasteiger partial charge in [-0.05, 0) is 24.3 Å². The van der Waals surface area contributed by atoms with Crippen molar-refractivity contribution in [3.8, 4) is 0 Å². The third kappa shape index (κ3) is 3.47. The summed E-state index contributed by atoms with van der Waals surface area (Å²) < 4.78 is 0. The van der Waals surface area contributed by atoms with Gasteiger partial charge in [0.15, 0.2) is 0 Å². The van der Waals surface area contributed by atoms with Crippen molar-refractivity contribution in [1.82, 2.24) is 0 Å². The molecule has 0 aromatic heterocycles. The van der Waals surface area contributed by atoms with Crippen LogP contribution in [0.3, 0.4) is 0 Å². The van der Waals surface area contributed by atoms with Crippen LogP contribution in [0.5, 0.6) is 0 Å². The maximum atomic E-state index is 12.3. The molecule has 0 spiro atoms. The van der Waals surface area contributed by atoms with E-state index < -0.39 is 10.8 Å². The van der Waals surface area contributed by atoms with Crippen LogP contribution >= 0.6 is 23.2 Å². The molecule has 0 atom stereocenters. The number of benzene rings is 2. The average Bonchev–Trinajstić information content (AvgIpc) is 2.49. The largest absolute Gasteiger partial charge is 0.387 e. The number of carbonyl (C=O) groups excluding carboxylic acids is 1. The van der Waals surface area contributed by atoms with Crippen LogP contribution in [0.25, 0.3) is 0 Å². The highest BCUT2D eigenvalue weighted by molar-refractivity contribution is 6.36. The summed E-state index contributed by atoms with van der Waals surface area (Å²) in [5, 5.41) is 17.0. The Morgan fingerprint density at radius 3 is 2.41 bits per heavy atom. The number of nitro benzene ring substituents is 1. The molecule has 8 heteroatoms. The predicted octanol–water partition coefficient (Wildman–Crippen LogP) is 4.20. The van der Waals surface area contributed by atoms with Crippen molar-refractivity contribution in [3.05, 3.63) is 62.1 Å². The number of carbonyl (C=O) groups is 1. The number of nitrogens with one attached hydrogen (secondary N) is 2. The summed E-state index contributed by atoms with van der Waals surface area (Å²) in [6.07, 6.45) is 0. The Bertz CT molecular complexity index is 750. The van der Waals surface area contributed by atoms with Crippen molar-refractivity contribution < 1.29 is 9.72 Å². The van der Waals surface area contributed by atoms with E-state index in [9.17, 15) is 14.9 Å². The maximum absolute atomic E-state index is 12.3. The van der Waals surface area contributed by atoms with Crippen molar-refractivity contribution in [2.45, 2.75) is 0 Å². The summed E-state index contributed by atoms with van der Waals surface area (Å²) in [6, 6.07) is 8.61. The van der Waals surface area contributed by atoms with Crippen LogP contribution in [0.4, 0.5) is 17.1 Å². The molecule has 22 heavy (non-hydrogen) atoms. The van der Waals surface area contributed by atoms with Gasteiger partial charge in [0, 0.05) is 29.9 Å². The van der Waals surface area contributed by atoms with E-state index in [0.29, 0.717) is 16.4 Å². The van der Waals surface area contributed by atoms with E-state index in [-0.39, 0.29) is 16.3 Å². The van der Waals surface area contributed by atoms with Crippen LogP contribution in [-0.2, 0) is 0 Å². The normalized spacial score (nSPS) is 10.1. The lowest BCUT2D eigenvalue weighted by Crippen LogP contribution is -2.14. The minimum absolute atomic E-state index is 0.141. The summed E-state index contributed by atoms with van der Waals surface area (Å²) >= 11 is 11.8. The molecular formula is C14H11Cl2N3O3. The fourth-order valence-corrected chi connectivity index (χ4v) is 2.29. The van der Waals surface area contributed by atoms with E-state index in [0.717, 1.165) is 0 Å². The van der Waals surface area contributed by atoms with Gasteiger partial charge in [0.2, 0.25) is 0 Å². The summed E-state index contributed by atoms with van der Waals surface area (Å²) in [4.78, 5) is 22.6. The van der Waals surface area contributed by atoms with Gasteiger partial charge in [-0.2, -0.15) is 0 Å². The Hall–Kier alpha value is -2.31. The molecule has 0 bridgehead atoms. The first-order chi connectivity index (χ1) is 10.4. The molecule has 0 fully saturated rings. The fourth-order valence-electron chi connectivity index (χ4n) is 1.83. The summed E-state index contributed by atoms with van der Waals surface area (Å²) in [6.45, 7) is 0. The van der Waals surface area contributed by atoms with Crippen molar-refractivity contribution >= 4 is 46.2 Å². The van der Waals surface area contributed by atoms with Gasteiger partial charge in [0.25, 0.3) is 11.6 Å². The van der Waals surface area contributed by atoms with E-state index in [2.05, 4.69) is 10.6 Å². The Kier molecular flexibility index (Phi) is 4.85. The number of nitrogens with zero attached hydrogens (tertiary/aromatic N) is 1. The second-order valence-corrected chi connectivity index (χ2v) is 5.16. The van der Waals surface area contributed by atoms with Crippen LogP contribution in [0.1, 0.15) is 10.4 Å². The van der Waals surface area contributed by atoms with Gasteiger partial charge in [-0.1, -0.05) is 23.2 Å². The fraction of sp³-hybridized carbons (Fsp3) is 0.0714. The molecule has 114 valence electrons. The van der Waals surface area contributed by atoms with Gasteiger partial charge in [0.05, 0.1) is 21.2 Å². The molecule has 0 unspecified atom stereocenters. The molecule has 0 aliphatic carbocycles. The minimum Gasteiger partial charge on any atom is -0.387 e. The Labute approximate surface area is 136 Å². The first kappa shape index (κ1) is 16.1. The number of halogens is 2. The molecule has 0 radical (unpaired) electrons. The molecule has 2 N–H and O–H groups in total. The molecule has 0 heterocycles. The van der Waals surface area contributed by atoms with Crippen LogP contribution in [0.15, 0.2) is 36.4 Å². The zero-order valence-electron chi connectivity index (χ0n) is 11.4. The standard InChI is InChI=1S/C14H11Cl2N3O3/c1-17-12-5-3-9(19(21)22)7-10(12)14(20)18-13-4-2-8(15)6-11(13)16/h2-7,17H,1H3,(H,18,20). The summed E-state index contributed by atoms with van der Waals surface area (Å²) in [7, 11) is 1.62. The second-order valence-electron chi connectivity index (χ2n) is 4.32. The van der Waals surface area contributed by atoms with E-state index in [1.807, 2.05) is 0 Å². The molecule has 0 aliphatic heterocycles. The van der Waals surface area contributed by atoms with Crippen molar-refractivity contribution in [3.63, 3.8) is 0 Å². The molecule has 0 saturated carbocycles. The molecule has 2 aromatic carbocycles. The number of rotatable bonds is 4. The first-order valence-electron chi connectivity index (χ1n) is 6.15. The lowest BCUT2D eigenvalue weighted by Gasteiger charge is -2.11. The molecule has 1 amide bonds. The van der Waals surface area contributed by atoms with E-state index in [1.54, 1.807) is 19.2 Å². The zero-order chi connectivity index (χ0) is 16.3. The van der Waals surface area contributed by atoms with Crippen LogP contribution in [0.2, 0.25) is 10.0 Å². The minimum atomic E-state index is -0.564. The summed E-state index contributed by atoms with van der Waals surface area (Å²) in [5.41, 5.74) is 0.798. The van der Waals surface area contributed by atoms with Crippen molar-refractivity contribution in [1.29, 1.82) is 0 Å². The molecule has 2 aromatic rings. The Morgan fingerprint density at radius 1 is 1.14 bits per heavy atom. The highest BCUT2D eigenvalue weighted by Gasteiger charge is 2.17. The molecule has 2 rings (SSSR count). The molecule has 0 aliphatic rings. The van der Waals surface area contributed by atoms with E-state index in [1.165, 1.54) is 24.3 Å². The van der Waals surface area contributed by atoms with Gasteiger partial charge < -0.3 is 10.6 Å². The smallest absolute Gasteiger partial charge is 0.270 e. The van der Waals surface area contributed by atoms with E-state index >= 15 is 0 Å². The lowest BCUT2D eigenvalue weighted by molar-refractivity contribution is -0.384. The van der Waals surface area contributed by atoms with Crippen LogP contribution in [-0.4, -0.2) is 17.9 Å². The first-order valence-corrected chi connectivity index (χ1v) is 6.90. The Morgan fingerprint density at radius 2 is 1.82 bits per heavy atom. The molecule has 0 saturated heterocycles. The average molecular weight is 340 g/mol. The number of nitro groups is 1. The number of anilines is 2. The van der Waals surface area contributed by atoms with Crippen molar-refractivity contribution in [2.75, 3.05) is 17.7 Å². The monoisotopic (exact) mass is 339 g/mol. The van der Waals surface area contributed by atoms with Crippen molar-refractivity contribution in [2.24, 2.45) is 0 Å². The maximum Gasteiger partial charge on any atom is 0.270 e.